The van der Waals surface area contributed by atoms with Crippen LogP contribution in [-0.4, -0.2) is 5.78 Å². The van der Waals surface area contributed by atoms with E-state index >= 15 is 0 Å². The van der Waals surface area contributed by atoms with E-state index in [0.717, 1.165) is 16.0 Å². The number of carbonyl (C=O) groups is 1. The standard InChI is InChI=1S/C24H22OS/c1-16-11-14-26-23(16)22(25)17-9-10-19-18-7-3-4-8-20(18)24(21(19)15-17)12-5-2-6-13-24/h3-4,7-11,14-15H,2,5-6,12-13H2,1H3. The molecule has 0 aliphatic heterocycles. The lowest BCUT2D eigenvalue weighted by atomic mass is 9.67. The summed E-state index contributed by atoms with van der Waals surface area (Å²) < 4.78 is 0. The first-order chi connectivity index (χ1) is 12.7. The van der Waals surface area contributed by atoms with Gasteiger partial charge in [-0.05, 0) is 65.1 Å². The van der Waals surface area contributed by atoms with Crippen molar-refractivity contribution >= 4 is 17.1 Å². The van der Waals surface area contributed by atoms with E-state index in [1.807, 2.05) is 24.4 Å². The third kappa shape index (κ3) is 2.18. The van der Waals surface area contributed by atoms with Crippen LogP contribution in [0.1, 0.15) is 64.0 Å². The number of aryl methyl sites for hydroxylation is 1. The first-order valence-electron chi connectivity index (χ1n) is 9.54. The van der Waals surface area contributed by atoms with Gasteiger partial charge in [-0.3, -0.25) is 4.79 Å². The monoisotopic (exact) mass is 358 g/mol. The second kappa shape index (κ2) is 5.92. The summed E-state index contributed by atoms with van der Waals surface area (Å²) in [5.74, 6) is 0.169. The van der Waals surface area contributed by atoms with Crippen molar-refractivity contribution in [1.29, 1.82) is 0 Å². The van der Waals surface area contributed by atoms with Crippen LogP contribution < -0.4 is 0 Å². The molecule has 1 aromatic heterocycles. The van der Waals surface area contributed by atoms with Gasteiger partial charge in [-0.2, -0.15) is 0 Å². The number of hydrogen-bond acceptors (Lipinski definition) is 2. The van der Waals surface area contributed by atoms with E-state index in [2.05, 4.69) is 36.4 Å². The summed E-state index contributed by atoms with van der Waals surface area (Å²) in [6.07, 6.45) is 6.28. The molecule has 0 radical (unpaired) electrons. The highest BCUT2D eigenvalue weighted by molar-refractivity contribution is 7.12. The molecule has 1 spiro atoms. The molecular weight excluding hydrogens is 336 g/mol. The molecule has 1 fully saturated rings. The van der Waals surface area contributed by atoms with Crippen LogP contribution in [0.25, 0.3) is 11.1 Å². The lowest BCUT2D eigenvalue weighted by molar-refractivity contribution is 0.104. The molecule has 5 rings (SSSR count). The zero-order valence-electron chi connectivity index (χ0n) is 15.0. The van der Waals surface area contributed by atoms with Gasteiger partial charge in [-0.15, -0.1) is 11.3 Å². The molecule has 0 N–H and O–H groups in total. The minimum absolute atomic E-state index is 0.116. The normalized spacial score (nSPS) is 17.1. The van der Waals surface area contributed by atoms with Crippen LogP contribution >= 0.6 is 11.3 Å². The molecule has 2 aliphatic rings. The van der Waals surface area contributed by atoms with Crippen molar-refractivity contribution < 1.29 is 4.79 Å². The quantitative estimate of drug-likeness (QED) is 0.477. The summed E-state index contributed by atoms with van der Waals surface area (Å²) in [5.41, 5.74) is 7.61. The van der Waals surface area contributed by atoms with Crippen LogP contribution in [0.2, 0.25) is 0 Å². The molecule has 2 aromatic carbocycles. The van der Waals surface area contributed by atoms with Crippen LogP contribution in [0.3, 0.4) is 0 Å². The Morgan fingerprint density at radius 1 is 0.923 bits per heavy atom. The summed E-state index contributed by atoms with van der Waals surface area (Å²) in [6.45, 7) is 2.02. The van der Waals surface area contributed by atoms with Gasteiger partial charge >= 0.3 is 0 Å². The zero-order valence-corrected chi connectivity index (χ0v) is 15.9. The lowest BCUT2D eigenvalue weighted by Crippen LogP contribution is -2.28. The Morgan fingerprint density at radius 2 is 1.69 bits per heavy atom. The average molecular weight is 359 g/mol. The highest BCUT2D eigenvalue weighted by Gasteiger charge is 2.43. The van der Waals surface area contributed by atoms with Crippen molar-refractivity contribution in [3.05, 3.63) is 81.0 Å². The second-order valence-corrected chi connectivity index (χ2v) is 8.63. The summed E-state index contributed by atoms with van der Waals surface area (Å²) in [6, 6.07) is 17.3. The van der Waals surface area contributed by atoms with Crippen molar-refractivity contribution in [1.82, 2.24) is 0 Å². The molecule has 3 aromatic rings. The third-order valence-electron chi connectivity index (χ3n) is 6.31. The van der Waals surface area contributed by atoms with Gasteiger partial charge in [0.05, 0.1) is 4.88 Å². The number of thiophene rings is 1. The highest BCUT2D eigenvalue weighted by atomic mass is 32.1. The van der Waals surface area contributed by atoms with E-state index in [1.165, 1.54) is 54.4 Å². The van der Waals surface area contributed by atoms with E-state index in [4.69, 9.17) is 0 Å². The van der Waals surface area contributed by atoms with Crippen LogP contribution in [-0.2, 0) is 5.41 Å². The summed E-state index contributed by atoms with van der Waals surface area (Å²) in [5, 5.41) is 2.01. The Morgan fingerprint density at radius 3 is 2.46 bits per heavy atom. The van der Waals surface area contributed by atoms with Gasteiger partial charge in [0.1, 0.15) is 0 Å². The Labute approximate surface area is 158 Å². The molecule has 1 nitrogen and oxygen atoms in total. The minimum atomic E-state index is 0.116. The number of benzene rings is 2. The summed E-state index contributed by atoms with van der Waals surface area (Å²) >= 11 is 1.55. The number of rotatable bonds is 2. The van der Waals surface area contributed by atoms with Crippen LogP contribution in [0.5, 0.6) is 0 Å². The van der Waals surface area contributed by atoms with E-state index in [1.54, 1.807) is 11.3 Å². The predicted octanol–water partition coefficient (Wildman–Crippen LogP) is 6.52. The largest absolute Gasteiger partial charge is 0.288 e. The summed E-state index contributed by atoms with van der Waals surface area (Å²) in [4.78, 5) is 14.0. The van der Waals surface area contributed by atoms with Gasteiger partial charge in [-0.1, -0.05) is 55.7 Å². The third-order valence-corrected chi connectivity index (χ3v) is 7.32. The fraction of sp³-hybridized carbons (Fsp3) is 0.292. The maximum atomic E-state index is 13.1. The van der Waals surface area contributed by atoms with Gasteiger partial charge in [0.2, 0.25) is 5.78 Å². The maximum Gasteiger partial charge on any atom is 0.203 e. The van der Waals surface area contributed by atoms with E-state index in [0.29, 0.717) is 0 Å². The zero-order chi connectivity index (χ0) is 17.7. The highest BCUT2D eigenvalue weighted by Crippen LogP contribution is 2.55. The Hall–Kier alpha value is -2.19. The summed E-state index contributed by atoms with van der Waals surface area (Å²) in [7, 11) is 0. The Balaban J connectivity index is 1.68. The molecule has 0 amide bonds. The van der Waals surface area contributed by atoms with E-state index < -0.39 is 0 Å². The van der Waals surface area contributed by atoms with Gasteiger partial charge < -0.3 is 0 Å². The van der Waals surface area contributed by atoms with Crippen molar-refractivity contribution in [2.24, 2.45) is 0 Å². The average Bonchev–Trinajstić information content (AvgIpc) is 3.23. The Bertz CT molecular complexity index is 1000. The van der Waals surface area contributed by atoms with Gasteiger partial charge in [0, 0.05) is 11.0 Å². The smallest absolute Gasteiger partial charge is 0.203 e. The second-order valence-electron chi connectivity index (χ2n) is 7.71. The first kappa shape index (κ1) is 16.0. The van der Waals surface area contributed by atoms with Crippen molar-refractivity contribution in [2.75, 3.05) is 0 Å². The number of fused-ring (bicyclic) bond motifs is 5. The minimum Gasteiger partial charge on any atom is -0.288 e. The van der Waals surface area contributed by atoms with E-state index in [9.17, 15) is 4.79 Å². The predicted molar refractivity (Wildman–Crippen MR) is 108 cm³/mol. The molecule has 1 saturated carbocycles. The van der Waals surface area contributed by atoms with Gasteiger partial charge in [0.25, 0.3) is 0 Å². The van der Waals surface area contributed by atoms with Crippen molar-refractivity contribution in [2.45, 2.75) is 44.4 Å². The molecule has 130 valence electrons. The lowest BCUT2D eigenvalue weighted by Gasteiger charge is -2.36. The number of ketones is 1. The van der Waals surface area contributed by atoms with Crippen LogP contribution in [0, 0.1) is 6.92 Å². The molecule has 26 heavy (non-hydrogen) atoms. The molecule has 0 atom stereocenters. The van der Waals surface area contributed by atoms with Crippen LogP contribution in [0.15, 0.2) is 53.9 Å². The molecular formula is C24H22OS. The maximum absolute atomic E-state index is 13.1. The molecule has 1 heterocycles. The fourth-order valence-corrected chi connectivity index (χ4v) is 5.91. The molecule has 2 heteroatoms. The first-order valence-corrected chi connectivity index (χ1v) is 10.4. The Kier molecular flexibility index (Phi) is 3.65. The van der Waals surface area contributed by atoms with E-state index in [-0.39, 0.29) is 11.2 Å². The van der Waals surface area contributed by atoms with Gasteiger partial charge in [-0.25, -0.2) is 0 Å². The molecule has 0 unspecified atom stereocenters. The number of carbonyl (C=O) groups excluding carboxylic acids is 1. The van der Waals surface area contributed by atoms with Crippen molar-refractivity contribution in [3.8, 4) is 11.1 Å². The van der Waals surface area contributed by atoms with Gasteiger partial charge in [0.15, 0.2) is 0 Å². The van der Waals surface area contributed by atoms with Crippen LogP contribution in [0.4, 0.5) is 0 Å². The molecule has 0 bridgehead atoms. The topological polar surface area (TPSA) is 17.1 Å². The van der Waals surface area contributed by atoms with Crippen molar-refractivity contribution in [3.63, 3.8) is 0 Å². The number of hydrogen-bond donors (Lipinski definition) is 0. The molecule has 0 saturated heterocycles. The SMILES string of the molecule is Cc1ccsc1C(=O)c1ccc2c(c1)C1(CCCCC1)c1ccccc1-2. The fourth-order valence-electron chi connectivity index (χ4n) is 5.03. The molecule has 2 aliphatic carbocycles.